The van der Waals surface area contributed by atoms with Crippen LogP contribution in [-0.2, 0) is 28.8 Å². The molecule has 0 aliphatic carbocycles. The van der Waals surface area contributed by atoms with Crippen molar-refractivity contribution in [3.05, 3.63) is 0 Å². The van der Waals surface area contributed by atoms with Crippen LogP contribution in [0.3, 0.4) is 0 Å². The van der Waals surface area contributed by atoms with E-state index in [-0.39, 0.29) is 26.6 Å². The molecule has 0 heterocycles. The highest BCUT2D eigenvalue weighted by Gasteiger charge is 2.13. The summed E-state index contributed by atoms with van der Waals surface area (Å²) < 4.78 is 1.08. The number of alkyl halides is 6. The molecule has 0 N–H and O–H groups in total. The van der Waals surface area contributed by atoms with Gasteiger partial charge in [0.05, 0.1) is 11.8 Å². The highest BCUT2D eigenvalue weighted by Crippen LogP contribution is 2.19. The average Bonchev–Trinajstić information content (AvgIpc) is 2.72. The first kappa shape index (κ1) is 44.4. The molecule has 0 saturated heterocycles. The number of rotatable bonds is 15. The van der Waals surface area contributed by atoms with E-state index in [9.17, 15) is 28.8 Å². The summed E-state index contributed by atoms with van der Waals surface area (Å²) in [6, 6.07) is 0. The van der Waals surface area contributed by atoms with Crippen molar-refractivity contribution in [3.8, 4) is 0 Å². The molecule has 6 nitrogen and oxygen atoms in total. The third-order valence-corrected chi connectivity index (χ3v) is 10.8. The van der Waals surface area contributed by atoms with E-state index < -0.39 is 0 Å². The van der Waals surface area contributed by atoms with Crippen LogP contribution < -0.4 is 0 Å². The van der Waals surface area contributed by atoms with E-state index in [1.54, 1.807) is 0 Å². The second-order valence-corrected chi connectivity index (χ2v) is 15.4. The molecule has 0 bridgehead atoms. The molecule has 12 heteroatoms. The maximum Gasteiger partial charge on any atom is 0.132 e. The van der Waals surface area contributed by atoms with Gasteiger partial charge in [0.25, 0.3) is 0 Å². The summed E-state index contributed by atoms with van der Waals surface area (Å²) in [4.78, 5) is 60.4. The van der Waals surface area contributed by atoms with Crippen molar-refractivity contribution in [1.29, 1.82) is 0 Å². The van der Waals surface area contributed by atoms with Crippen LogP contribution in [0.5, 0.6) is 0 Å². The van der Waals surface area contributed by atoms with E-state index in [2.05, 4.69) is 136 Å². The number of halogens is 6. The van der Waals surface area contributed by atoms with Crippen molar-refractivity contribution in [1.82, 2.24) is 0 Å². The standard InChI is InChI=1S/3C6H8I2O2.2CH4/c7-5(1-3-9)6(8)2-4-10;7-5(1-2-9)3-6(8)4-10;7-5(3-9)1-2-6(8)4-10;;/h3-6H,1-2H2;2,4-6H,1,3H2;3-6H,1-2H2;2*1H4. The van der Waals surface area contributed by atoms with Crippen LogP contribution in [-0.4, -0.2) is 61.3 Å². The van der Waals surface area contributed by atoms with Crippen molar-refractivity contribution in [2.24, 2.45) is 0 Å². The van der Waals surface area contributed by atoms with E-state index >= 15 is 0 Å². The van der Waals surface area contributed by atoms with Crippen LogP contribution in [0.1, 0.15) is 53.4 Å². The van der Waals surface area contributed by atoms with Crippen molar-refractivity contribution >= 4 is 173 Å². The van der Waals surface area contributed by atoms with Gasteiger partial charge in [0.2, 0.25) is 0 Å². The highest BCUT2D eigenvalue weighted by molar-refractivity contribution is 14.1. The molecule has 6 atom stereocenters. The third-order valence-electron chi connectivity index (χ3n) is 3.03. The van der Waals surface area contributed by atoms with Gasteiger partial charge in [-0.25, -0.2) is 0 Å². The summed E-state index contributed by atoms with van der Waals surface area (Å²) in [5.41, 5.74) is 0. The Labute approximate surface area is 274 Å². The van der Waals surface area contributed by atoms with Gasteiger partial charge in [-0.15, -0.1) is 0 Å². The van der Waals surface area contributed by atoms with Gasteiger partial charge in [0, 0.05) is 31.0 Å². The predicted octanol–water partition coefficient (Wildman–Crippen LogP) is 6.59. The molecule has 0 aromatic rings. The van der Waals surface area contributed by atoms with Gasteiger partial charge >= 0.3 is 0 Å². The number of carbonyl (C=O) groups excluding carboxylic acids is 6. The number of hydrogen-bond donors (Lipinski definition) is 0. The maximum atomic E-state index is 10.1. The topological polar surface area (TPSA) is 102 Å². The zero-order valence-electron chi connectivity index (χ0n) is 15.9. The summed E-state index contributed by atoms with van der Waals surface area (Å²) in [7, 11) is 0. The lowest BCUT2D eigenvalue weighted by Gasteiger charge is -2.09. The van der Waals surface area contributed by atoms with Crippen molar-refractivity contribution in [2.45, 2.75) is 76.9 Å². The lowest BCUT2D eigenvalue weighted by molar-refractivity contribution is -0.109. The second kappa shape index (κ2) is 33.4. The Morgan fingerprint density at radius 2 is 0.812 bits per heavy atom. The minimum absolute atomic E-state index is 0. The molecule has 0 spiro atoms. The molecule has 0 aromatic carbocycles. The van der Waals surface area contributed by atoms with Gasteiger partial charge in [0.1, 0.15) is 37.7 Å². The lowest BCUT2D eigenvalue weighted by atomic mass is 10.2. The zero-order chi connectivity index (χ0) is 23.9. The van der Waals surface area contributed by atoms with E-state index in [1.165, 1.54) is 0 Å². The SMILES string of the molecule is C.C.O=CC(I)CCC(I)C=O.O=CCC(I)C(I)CC=O.O=CCC(I)CC(I)C=O. The minimum Gasteiger partial charge on any atom is -0.303 e. The van der Waals surface area contributed by atoms with E-state index in [1.807, 2.05) is 0 Å². The summed E-state index contributed by atoms with van der Waals surface area (Å²) in [6.45, 7) is 0. The summed E-state index contributed by atoms with van der Waals surface area (Å²) >= 11 is 12.8. The number of hydrogen-bond acceptors (Lipinski definition) is 6. The van der Waals surface area contributed by atoms with Gasteiger partial charge in [-0.2, -0.15) is 0 Å². The predicted molar refractivity (Wildman–Crippen MR) is 184 cm³/mol. The Hall–Kier alpha value is 2.40. The molecular formula is C20H32I6O6. The van der Waals surface area contributed by atoms with Gasteiger partial charge in [-0.1, -0.05) is 150 Å². The third kappa shape index (κ3) is 34.6. The molecule has 190 valence electrons. The Balaban J connectivity index is -0.000000110. The van der Waals surface area contributed by atoms with Crippen molar-refractivity contribution in [3.63, 3.8) is 0 Å². The molecule has 0 rings (SSSR count). The first-order chi connectivity index (χ1) is 14.1. The average molecular weight is 1130 g/mol. The molecule has 0 saturated carbocycles. The number of carbonyl (C=O) groups is 6. The largest absolute Gasteiger partial charge is 0.303 e. The smallest absolute Gasteiger partial charge is 0.132 e. The molecule has 32 heavy (non-hydrogen) atoms. The molecule has 0 amide bonds. The summed E-state index contributed by atoms with van der Waals surface area (Å²) in [5, 5.41) is 0. The fraction of sp³-hybridized carbons (Fsp3) is 0.700. The van der Waals surface area contributed by atoms with E-state index in [4.69, 9.17) is 0 Å². The quantitative estimate of drug-likeness (QED) is 0.104. The number of aldehydes is 6. The van der Waals surface area contributed by atoms with Gasteiger partial charge in [-0.05, 0) is 19.3 Å². The Bertz CT molecular complexity index is 455. The normalized spacial score (nSPS) is 14.8. The fourth-order valence-corrected chi connectivity index (χ4v) is 5.50. The molecule has 6 unspecified atom stereocenters. The fourth-order valence-electron chi connectivity index (χ4n) is 1.43. The molecular weight excluding hydrogens is 1100 g/mol. The molecule has 0 aliphatic rings. The Morgan fingerprint density at radius 3 is 1.06 bits per heavy atom. The molecule has 0 fully saturated rings. The van der Waals surface area contributed by atoms with Gasteiger partial charge < -0.3 is 28.8 Å². The summed E-state index contributed by atoms with van der Waals surface area (Å²) in [5.74, 6) is 0. The molecule has 0 radical (unpaired) electrons. The van der Waals surface area contributed by atoms with E-state index in [0.29, 0.717) is 31.0 Å². The van der Waals surface area contributed by atoms with Crippen LogP contribution >= 0.6 is 136 Å². The first-order valence-corrected chi connectivity index (χ1v) is 16.1. The summed E-state index contributed by atoms with van der Waals surface area (Å²) in [6.07, 6.45) is 9.46. The molecule has 0 aliphatic heterocycles. The second-order valence-electron chi connectivity index (χ2n) is 5.61. The zero-order valence-corrected chi connectivity index (χ0v) is 28.8. The van der Waals surface area contributed by atoms with Crippen LogP contribution in [0, 0.1) is 0 Å². The highest BCUT2D eigenvalue weighted by atomic mass is 127. The van der Waals surface area contributed by atoms with Crippen molar-refractivity contribution in [2.75, 3.05) is 0 Å². The van der Waals surface area contributed by atoms with Crippen LogP contribution in [0.4, 0.5) is 0 Å². The lowest BCUT2D eigenvalue weighted by Crippen LogP contribution is -2.14. The van der Waals surface area contributed by atoms with Crippen LogP contribution in [0.2, 0.25) is 0 Å². The first-order valence-electron chi connectivity index (χ1n) is 8.64. The van der Waals surface area contributed by atoms with Crippen molar-refractivity contribution < 1.29 is 28.8 Å². The maximum absolute atomic E-state index is 10.1. The Morgan fingerprint density at radius 1 is 0.500 bits per heavy atom. The van der Waals surface area contributed by atoms with Gasteiger partial charge in [0.15, 0.2) is 0 Å². The Kier molecular flexibility index (Phi) is 46.3. The monoisotopic (exact) mass is 1130 g/mol. The van der Waals surface area contributed by atoms with Gasteiger partial charge in [-0.3, -0.25) is 0 Å². The van der Waals surface area contributed by atoms with E-state index in [0.717, 1.165) is 57.0 Å². The minimum atomic E-state index is 0. The van der Waals surface area contributed by atoms with Crippen LogP contribution in [0.15, 0.2) is 0 Å². The molecule has 0 aromatic heterocycles. The van der Waals surface area contributed by atoms with Crippen LogP contribution in [0.25, 0.3) is 0 Å².